The van der Waals surface area contributed by atoms with Crippen molar-refractivity contribution in [2.45, 2.75) is 30.7 Å². The second-order valence-electron chi connectivity index (χ2n) is 4.58. The minimum Gasteiger partial charge on any atom is -0.258 e. The van der Waals surface area contributed by atoms with Gasteiger partial charge in [-0.2, -0.15) is 9.57 Å². The summed E-state index contributed by atoms with van der Waals surface area (Å²) in [7, 11) is -4.04. The molecule has 0 spiro atoms. The molecule has 1 atom stereocenters. The molecule has 1 unspecified atom stereocenters. The van der Waals surface area contributed by atoms with Gasteiger partial charge in [-0.25, -0.2) is 8.42 Å². The van der Waals surface area contributed by atoms with E-state index in [2.05, 4.69) is 0 Å². The number of nitriles is 1. The van der Waals surface area contributed by atoms with E-state index in [1.165, 1.54) is 19.1 Å². The lowest BCUT2D eigenvalue weighted by molar-refractivity contribution is -0.387. The number of hydrogen-bond acceptors (Lipinski definition) is 5. The second kappa shape index (κ2) is 5.19. The van der Waals surface area contributed by atoms with E-state index in [0.717, 1.165) is 10.4 Å². The van der Waals surface area contributed by atoms with Gasteiger partial charge in [0.15, 0.2) is 4.90 Å². The molecule has 8 heteroatoms. The normalized spacial score (nSPS) is 19.7. The van der Waals surface area contributed by atoms with Crippen LogP contribution in [0.4, 0.5) is 5.69 Å². The van der Waals surface area contributed by atoms with Gasteiger partial charge in [0.1, 0.15) is 6.04 Å². The number of rotatable bonds is 3. The Hall–Kier alpha value is -1.98. The Bertz CT molecular complexity index is 693. The fraction of sp³-hybridized carbons (Fsp3) is 0.417. The van der Waals surface area contributed by atoms with Gasteiger partial charge in [0.25, 0.3) is 15.7 Å². The standard InChI is InChI=1S/C12H13N3O4S/c1-9-4-2-6-11(15(16)17)12(9)20(18,19)14-7-3-5-10(14)8-13/h2,4,6,10H,3,5,7H2,1H3. The molecule has 1 aliphatic rings. The lowest BCUT2D eigenvalue weighted by Gasteiger charge is -2.20. The molecule has 0 N–H and O–H groups in total. The first kappa shape index (κ1) is 14.4. The summed E-state index contributed by atoms with van der Waals surface area (Å²) in [4.78, 5) is 10.0. The fourth-order valence-corrected chi connectivity index (χ4v) is 4.36. The van der Waals surface area contributed by atoms with Crippen LogP contribution in [0.2, 0.25) is 0 Å². The number of benzene rings is 1. The number of hydrogen-bond donors (Lipinski definition) is 0. The summed E-state index contributed by atoms with van der Waals surface area (Å²) in [6.07, 6.45) is 1.03. The number of sulfonamides is 1. The summed E-state index contributed by atoms with van der Waals surface area (Å²) in [5.41, 5.74) is -0.142. The monoisotopic (exact) mass is 295 g/mol. The molecule has 1 aliphatic heterocycles. The van der Waals surface area contributed by atoms with Gasteiger partial charge in [0.2, 0.25) is 0 Å². The fourth-order valence-electron chi connectivity index (χ4n) is 2.39. The van der Waals surface area contributed by atoms with Crippen LogP contribution in [0, 0.1) is 28.4 Å². The Labute approximate surface area is 116 Å². The van der Waals surface area contributed by atoms with Crippen molar-refractivity contribution < 1.29 is 13.3 Å². The van der Waals surface area contributed by atoms with Crippen LogP contribution in [-0.4, -0.2) is 30.2 Å². The third-order valence-electron chi connectivity index (χ3n) is 3.31. The van der Waals surface area contributed by atoms with Crippen LogP contribution in [0.3, 0.4) is 0 Å². The molecule has 0 aliphatic carbocycles. The molecule has 106 valence electrons. The lowest BCUT2D eigenvalue weighted by Crippen LogP contribution is -2.35. The van der Waals surface area contributed by atoms with Crippen molar-refractivity contribution in [3.63, 3.8) is 0 Å². The van der Waals surface area contributed by atoms with Crippen LogP contribution in [0.15, 0.2) is 23.1 Å². The van der Waals surface area contributed by atoms with Crippen molar-refractivity contribution in [1.82, 2.24) is 4.31 Å². The number of aryl methyl sites for hydroxylation is 1. The van der Waals surface area contributed by atoms with E-state index in [1.54, 1.807) is 0 Å². The highest BCUT2D eigenvalue weighted by Gasteiger charge is 2.39. The van der Waals surface area contributed by atoms with Gasteiger partial charge < -0.3 is 0 Å². The average molecular weight is 295 g/mol. The number of nitro benzene ring substituents is 1. The maximum atomic E-state index is 12.6. The van der Waals surface area contributed by atoms with E-state index in [0.29, 0.717) is 18.4 Å². The first-order valence-corrected chi connectivity index (χ1v) is 7.49. The van der Waals surface area contributed by atoms with Crippen LogP contribution < -0.4 is 0 Å². The second-order valence-corrected chi connectivity index (χ2v) is 6.41. The molecule has 1 heterocycles. The van der Waals surface area contributed by atoms with Crippen LogP contribution >= 0.6 is 0 Å². The Morgan fingerprint density at radius 2 is 2.20 bits per heavy atom. The van der Waals surface area contributed by atoms with E-state index < -0.39 is 26.7 Å². The lowest BCUT2D eigenvalue weighted by atomic mass is 10.2. The summed E-state index contributed by atoms with van der Waals surface area (Å²) in [5.74, 6) is 0. The molecule has 0 bridgehead atoms. The minimum absolute atomic E-state index is 0.214. The topological polar surface area (TPSA) is 104 Å². The van der Waals surface area contributed by atoms with E-state index in [4.69, 9.17) is 5.26 Å². The van der Waals surface area contributed by atoms with Crippen LogP contribution in [0.1, 0.15) is 18.4 Å². The van der Waals surface area contributed by atoms with Gasteiger partial charge in [-0.1, -0.05) is 12.1 Å². The molecular weight excluding hydrogens is 282 g/mol. The smallest absolute Gasteiger partial charge is 0.258 e. The Morgan fingerprint density at radius 3 is 2.80 bits per heavy atom. The van der Waals surface area contributed by atoms with Crippen molar-refractivity contribution in [3.05, 3.63) is 33.9 Å². The molecule has 7 nitrogen and oxygen atoms in total. The highest BCUT2D eigenvalue weighted by molar-refractivity contribution is 7.89. The zero-order valence-corrected chi connectivity index (χ0v) is 11.6. The minimum atomic E-state index is -4.04. The van der Waals surface area contributed by atoms with Crippen molar-refractivity contribution in [2.75, 3.05) is 6.54 Å². The first-order chi connectivity index (χ1) is 9.39. The Kier molecular flexibility index (Phi) is 3.74. The Balaban J connectivity index is 2.61. The van der Waals surface area contributed by atoms with Gasteiger partial charge in [-0.05, 0) is 25.3 Å². The molecule has 0 saturated carbocycles. The van der Waals surface area contributed by atoms with E-state index >= 15 is 0 Å². The third kappa shape index (κ3) is 2.26. The van der Waals surface area contributed by atoms with Crippen LogP contribution in [-0.2, 0) is 10.0 Å². The van der Waals surface area contributed by atoms with Crippen LogP contribution in [0.5, 0.6) is 0 Å². The van der Waals surface area contributed by atoms with E-state index in [-0.39, 0.29) is 11.4 Å². The molecule has 1 aromatic carbocycles. The molecule has 1 saturated heterocycles. The zero-order valence-electron chi connectivity index (χ0n) is 10.8. The average Bonchev–Trinajstić information content (AvgIpc) is 2.87. The van der Waals surface area contributed by atoms with Crippen molar-refractivity contribution in [1.29, 1.82) is 5.26 Å². The molecule has 0 radical (unpaired) electrons. The van der Waals surface area contributed by atoms with Gasteiger partial charge >= 0.3 is 0 Å². The molecular formula is C12H13N3O4S. The third-order valence-corrected chi connectivity index (χ3v) is 5.41. The summed E-state index contributed by atoms with van der Waals surface area (Å²) >= 11 is 0. The quantitative estimate of drug-likeness (QED) is 0.622. The largest absolute Gasteiger partial charge is 0.289 e. The van der Waals surface area contributed by atoms with Gasteiger partial charge in [-0.3, -0.25) is 10.1 Å². The number of nitro groups is 1. The van der Waals surface area contributed by atoms with E-state index in [1.807, 2.05) is 6.07 Å². The van der Waals surface area contributed by atoms with Crippen molar-refractivity contribution in [3.8, 4) is 6.07 Å². The summed E-state index contributed by atoms with van der Waals surface area (Å²) in [5, 5.41) is 20.0. The summed E-state index contributed by atoms with van der Waals surface area (Å²) < 4.78 is 26.3. The molecule has 2 rings (SSSR count). The first-order valence-electron chi connectivity index (χ1n) is 6.05. The number of nitrogens with zero attached hydrogens (tertiary/aromatic N) is 3. The maximum absolute atomic E-state index is 12.6. The molecule has 1 fully saturated rings. The zero-order chi connectivity index (χ0) is 14.9. The molecule has 0 aromatic heterocycles. The predicted molar refractivity (Wildman–Crippen MR) is 70.4 cm³/mol. The van der Waals surface area contributed by atoms with Crippen molar-refractivity contribution in [2.24, 2.45) is 0 Å². The predicted octanol–water partition coefficient (Wildman–Crippen LogP) is 1.58. The summed E-state index contributed by atoms with van der Waals surface area (Å²) in [6, 6.07) is 5.30. The maximum Gasteiger partial charge on any atom is 0.289 e. The van der Waals surface area contributed by atoms with Crippen LogP contribution in [0.25, 0.3) is 0 Å². The molecule has 0 amide bonds. The molecule has 20 heavy (non-hydrogen) atoms. The SMILES string of the molecule is Cc1cccc([N+](=O)[O-])c1S(=O)(=O)N1CCCC1C#N. The van der Waals surface area contributed by atoms with Gasteiger partial charge in [-0.15, -0.1) is 0 Å². The van der Waals surface area contributed by atoms with Crippen molar-refractivity contribution >= 4 is 15.7 Å². The Morgan fingerprint density at radius 1 is 1.50 bits per heavy atom. The highest BCUT2D eigenvalue weighted by Crippen LogP contribution is 2.33. The van der Waals surface area contributed by atoms with Gasteiger partial charge in [0, 0.05) is 12.6 Å². The molecule has 1 aromatic rings. The highest BCUT2D eigenvalue weighted by atomic mass is 32.2. The van der Waals surface area contributed by atoms with E-state index in [9.17, 15) is 18.5 Å². The van der Waals surface area contributed by atoms with Gasteiger partial charge in [0.05, 0.1) is 11.0 Å². The summed E-state index contributed by atoms with van der Waals surface area (Å²) in [6.45, 7) is 1.73.